The number of aryl methyl sites for hydroxylation is 2. The fourth-order valence-corrected chi connectivity index (χ4v) is 6.70. The first kappa shape index (κ1) is 26.2. The van der Waals surface area contributed by atoms with E-state index in [0.29, 0.717) is 18.5 Å². The van der Waals surface area contributed by atoms with Gasteiger partial charge in [-0.05, 0) is 54.3 Å². The average Bonchev–Trinajstić information content (AvgIpc) is 3.64. The molecule has 0 fully saturated rings. The predicted octanol–water partition coefficient (Wildman–Crippen LogP) is 4.71. The highest BCUT2D eigenvalue weighted by Crippen LogP contribution is 2.36. The van der Waals surface area contributed by atoms with Gasteiger partial charge in [0.05, 0.1) is 16.4 Å². The van der Waals surface area contributed by atoms with Gasteiger partial charge in [-0.3, -0.25) is 4.79 Å². The van der Waals surface area contributed by atoms with Crippen LogP contribution < -0.4 is 9.62 Å². The van der Waals surface area contributed by atoms with Crippen LogP contribution in [0.15, 0.2) is 71.3 Å². The number of carbonyl (C=O) groups is 1. The summed E-state index contributed by atoms with van der Waals surface area (Å²) >= 11 is 1.52. The van der Waals surface area contributed by atoms with Gasteiger partial charge in [-0.15, -0.1) is 11.3 Å². The summed E-state index contributed by atoms with van der Waals surface area (Å²) in [6, 6.07) is 10.2. The molecule has 2 aromatic heterocycles. The van der Waals surface area contributed by atoms with Crippen molar-refractivity contribution in [1.29, 1.82) is 0 Å². The maximum absolute atomic E-state index is 13.7. The number of halogens is 1. The Balaban J connectivity index is 1.44. The second-order valence-electron chi connectivity index (χ2n) is 9.46. The summed E-state index contributed by atoms with van der Waals surface area (Å²) < 4.78 is 44.3. The van der Waals surface area contributed by atoms with Crippen LogP contribution in [-0.2, 0) is 34.8 Å². The van der Waals surface area contributed by atoms with Gasteiger partial charge in [0, 0.05) is 55.1 Å². The minimum atomic E-state index is -3.94. The molecule has 1 N–H and O–H groups in total. The van der Waals surface area contributed by atoms with Crippen molar-refractivity contribution in [1.82, 2.24) is 19.3 Å². The Labute approximate surface area is 225 Å². The van der Waals surface area contributed by atoms with E-state index >= 15 is 0 Å². The number of rotatable bonds is 9. The maximum Gasteiger partial charge on any atom is 0.241 e. The molecule has 0 unspecified atom stereocenters. The van der Waals surface area contributed by atoms with Gasteiger partial charge in [0.2, 0.25) is 15.9 Å². The largest absolute Gasteiger partial charge is 0.337 e. The van der Waals surface area contributed by atoms with E-state index in [2.05, 4.69) is 14.7 Å². The lowest BCUT2D eigenvalue weighted by Crippen LogP contribution is -2.32. The minimum absolute atomic E-state index is 0.0494. The Morgan fingerprint density at radius 1 is 1.24 bits per heavy atom. The van der Waals surface area contributed by atoms with E-state index in [4.69, 9.17) is 0 Å². The van der Waals surface area contributed by atoms with Gasteiger partial charge in [0.25, 0.3) is 0 Å². The highest BCUT2D eigenvalue weighted by Gasteiger charge is 2.30. The first-order valence-electron chi connectivity index (χ1n) is 12.3. The molecule has 2 atom stereocenters. The van der Waals surface area contributed by atoms with Crippen LogP contribution in [0.25, 0.3) is 0 Å². The summed E-state index contributed by atoms with van der Waals surface area (Å²) in [6.45, 7) is 2.25. The fourth-order valence-electron chi connectivity index (χ4n) is 4.72. The summed E-state index contributed by atoms with van der Waals surface area (Å²) in [5.41, 5.74) is 2.49. The highest BCUT2D eigenvalue weighted by atomic mass is 32.2. The van der Waals surface area contributed by atoms with Crippen molar-refractivity contribution >= 4 is 33.0 Å². The van der Waals surface area contributed by atoms with E-state index in [-0.39, 0.29) is 29.7 Å². The Hall–Kier alpha value is -3.41. The van der Waals surface area contributed by atoms with Gasteiger partial charge in [-0.2, -0.15) is 0 Å². The number of sulfonamides is 1. The van der Waals surface area contributed by atoms with Crippen molar-refractivity contribution in [2.24, 2.45) is 7.05 Å². The molecule has 1 aliphatic rings. The molecule has 2 heterocycles. The van der Waals surface area contributed by atoms with Crippen LogP contribution in [-0.4, -0.2) is 28.9 Å². The molecule has 8 nitrogen and oxygen atoms in total. The van der Waals surface area contributed by atoms with Crippen molar-refractivity contribution in [3.8, 4) is 0 Å². The van der Waals surface area contributed by atoms with Gasteiger partial charge in [0.1, 0.15) is 11.6 Å². The van der Waals surface area contributed by atoms with Crippen LogP contribution in [0.2, 0.25) is 0 Å². The predicted molar refractivity (Wildman–Crippen MR) is 144 cm³/mol. The van der Waals surface area contributed by atoms with Crippen molar-refractivity contribution < 1.29 is 17.6 Å². The minimum Gasteiger partial charge on any atom is -0.337 e. The molecule has 5 rings (SSSR count). The van der Waals surface area contributed by atoms with Crippen LogP contribution in [0.4, 0.5) is 10.1 Å². The quantitative estimate of drug-likeness (QED) is 0.324. The lowest BCUT2D eigenvalue weighted by Gasteiger charge is -2.25. The molecular weight excluding hydrogens is 525 g/mol. The third-order valence-electron chi connectivity index (χ3n) is 6.80. The molecule has 0 radical (unpaired) electrons. The molecule has 0 saturated carbocycles. The highest BCUT2D eigenvalue weighted by molar-refractivity contribution is 7.89. The number of nitrogens with zero attached hydrogens (tertiary/aromatic N) is 4. The topological polar surface area (TPSA) is 97.2 Å². The van der Waals surface area contributed by atoms with Crippen LogP contribution >= 0.6 is 11.3 Å². The van der Waals surface area contributed by atoms with Gasteiger partial charge in [-0.1, -0.05) is 19.1 Å². The average molecular weight is 554 g/mol. The van der Waals surface area contributed by atoms with Gasteiger partial charge < -0.3 is 9.47 Å². The molecule has 0 spiro atoms. The van der Waals surface area contributed by atoms with Gasteiger partial charge in [-0.25, -0.2) is 27.5 Å². The van der Waals surface area contributed by atoms with E-state index in [0.717, 1.165) is 28.0 Å². The maximum atomic E-state index is 13.7. The van der Waals surface area contributed by atoms with E-state index in [9.17, 15) is 17.6 Å². The molecule has 1 amide bonds. The summed E-state index contributed by atoms with van der Waals surface area (Å²) in [7, 11) is -2.06. The number of anilines is 1. The van der Waals surface area contributed by atoms with Gasteiger partial charge >= 0.3 is 0 Å². The zero-order valence-corrected chi connectivity index (χ0v) is 22.7. The number of benzene rings is 2. The van der Waals surface area contributed by atoms with Crippen molar-refractivity contribution in [3.05, 3.63) is 94.2 Å². The van der Waals surface area contributed by atoms with E-state index < -0.39 is 21.9 Å². The number of hydrogen-bond acceptors (Lipinski definition) is 6. The lowest BCUT2D eigenvalue weighted by molar-refractivity contribution is -0.119. The van der Waals surface area contributed by atoms with Crippen molar-refractivity contribution in [3.63, 3.8) is 0 Å². The zero-order valence-electron chi connectivity index (χ0n) is 21.0. The number of fused-ring (bicyclic) bond motifs is 1. The van der Waals surface area contributed by atoms with Crippen LogP contribution in [0.1, 0.15) is 53.7 Å². The number of aromatic nitrogens is 3. The van der Waals surface area contributed by atoms with Crippen LogP contribution in [0.3, 0.4) is 0 Å². The second-order valence-corrected chi connectivity index (χ2v) is 12.1. The second kappa shape index (κ2) is 10.8. The van der Waals surface area contributed by atoms with Crippen LogP contribution in [0.5, 0.6) is 0 Å². The smallest absolute Gasteiger partial charge is 0.241 e. The Kier molecular flexibility index (Phi) is 7.42. The Morgan fingerprint density at radius 3 is 2.79 bits per heavy atom. The lowest BCUT2D eigenvalue weighted by atomic mass is 10.0. The molecular formula is C27H28FN5O3S2. The molecule has 1 aliphatic carbocycles. The summed E-state index contributed by atoms with van der Waals surface area (Å²) in [6.07, 6.45) is 6.79. The molecule has 4 aromatic rings. The van der Waals surface area contributed by atoms with E-state index in [1.165, 1.54) is 29.5 Å². The van der Waals surface area contributed by atoms with E-state index in [1.54, 1.807) is 17.3 Å². The van der Waals surface area contributed by atoms with Crippen molar-refractivity contribution in [2.45, 2.75) is 49.6 Å². The number of carbonyl (C=O) groups excluding carboxylic acids is 1. The Bertz CT molecular complexity index is 1550. The molecule has 0 aliphatic heterocycles. The number of hydrogen-bond donors (Lipinski definition) is 1. The first-order valence-corrected chi connectivity index (χ1v) is 14.6. The third kappa shape index (κ3) is 5.54. The summed E-state index contributed by atoms with van der Waals surface area (Å²) in [5, 5.41) is 2.80. The third-order valence-corrected chi connectivity index (χ3v) is 9.27. The normalized spacial score (nSPS) is 15.8. The molecule has 11 heteroatoms. The van der Waals surface area contributed by atoms with Gasteiger partial charge in [0.15, 0.2) is 0 Å². The molecule has 38 heavy (non-hydrogen) atoms. The summed E-state index contributed by atoms with van der Waals surface area (Å²) in [4.78, 5) is 24.0. The number of thiazole rings is 1. The monoisotopic (exact) mass is 553 g/mol. The van der Waals surface area contributed by atoms with Crippen molar-refractivity contribution in [2.75, 3.05) is 4.90 Å². The number of nitrogens with one attached hydrogen (secondary N) is 1. The molecule has 198 valence electrons. The molecule has 0 bridgehead atoms. The fraction of sp³-hybridized carbons (Fsp3) is 0.296. The van der Waals surface area contributed by atoms with E-state index in [1.807, 2.05) is 48.3 Å². The zero-order chi connectivity index (χ0) is 26.9. The van der Waals surface area contributed by atoms with Crippen LogP contribution in [0, 0.1) is 5.82 Å². The SMILES string of the molecule is C[C@@H](CC(=O)N(Cc1nccn1C)c1ccc2c(c1)[C@H](NS(=O)(=O)c1cccc(F)c1)CC2)c1nccs1. The number of amides is 1. The molecule has 0 saturated heterocycles. The molecule has 2 aromatic carbocycles. The summed E-state index contributed by atoms with van der Waals surface area (Å²) in [5.74, 6) is -0.0151. The number of imidazole rings is 1. The Morgan fingerprint density at radius 2 is 2.08 bits per heavy atom. The standard InChI is InChI=1S/C27H28FN5O3S2/c1-18(27-30-11-13-37-27)14-26(34)33(17-25-29-10-12-32(25)2)21-8-6-19-7-9-24(23(19)16-21)31-38(35,36)22-5-3-4-20(28)15-22/h3-6,8,10-13,15-16,18,24,31H,7,9,14,17H2,1-2H3/t18-,24+/m0/s1. The first-order chi connectivity index (χ1) is 18.2.